The second-order valence-electron chi connectivity index (χ2n) is 5.67. The van der Waals surface area contributed by atoms with Crippen LogP contribution in [-0.4, -0.2) is 25.3 Å². The van der Waals surface area contributed by atoms with Crippen LogP contribution < -0.4 is 5.32 Å². The summed E-state index contributed by atoms with van der Waals surface area (Å²) in [5.41, 5.74) is 0.415. The zero-order valence-corrected chi connectivity index (χ0v) is 12.1. The van der Waals surface area contributed by atoms with Gasteiger partial charge in [0.15, 0.2) is 0 Å². The predicted molar refractivity (Wildman–Crippen MR) is 71.9 cm³/mol. The maximum atomic E-state index is 5.81. The molecule has 0 aliphatic heterocycles. The summed E-state index contributed by atoms with van der Waals surface area (Å²) in [4.78, 5) is 0. The molecule has 2 unspecified atom stereocenters. The van der Waals surface area contributed by atoms with Crippen LogP contribution in [0.1, 0.15) is 60.8 Å². The van der Waals surface area contributed by atoms with Crippen LogP contribution in [0.25, 0.3) is 0 Å². The molecule has 0 aromatic heterocycles. The zero-order chi connectivity index (χ0) is 12.6. The third kappa shape index (κ3) is 7.24. The first-order valence-electron chi connectivity index (χ1n) is 6.79. The number of likely N-dealkylation sites (N-methyl/N-ethyl adjacent to an activating group) is 1. The molecule has 0 heterocycles. The lowest BCUT2D eigenvalue weighted by molar-refractivity contribution is 0.0273. The lowest BCUT2D eigenvalue weighted by Gasteiger charge is -2.29. The van der Waals surface area contributed by atoms with E-state index in [1.54, 1.807) is 0 Å². The first-order chi connectivity index (χ1) is 7.44. The summed E-state index contributed by atoms with van der Waals surface area (Å²) in [6.07, 6.45) is 3.91. The van der Waals surface area contributed by atoms with Gasteiger partial charge in [0, 0.05) is 12.6 Å². The van der Waals surface area contributed by atoms with E-state index >= 15 is 0 Å². The van der Waals surface area contributed by atoms with Crippen molar-refractivity contribution in [2.24, 2.45) is 5.41 Å². The monoisotopic (exact) mass is 229 g/mol. The molecule has 98 valence electrons. The normalized spacial score (nSPS) is 16.1. The van der Waals surface area contributed by atoms with Crippen LogP contribution in [0, 0.1) is 5.41 Å². The minimum atomic E-state index is 0.368. The minimum absolute atomic E-state index is 0.368. The third-order valence-corrected chi connectivity index (χ3v) is 2.90. The summed E-state index contributed by atoms with van der Waals surface area (Å²) in [6.45, 7) is 15.2. The van der Waals surface area contributed by atoms with E-state index in [2.05, 4.69) is 46.9 Å². The Morgan fingerprint density at radius 2 is 1.75 bits per heavy atom. The second kappa shape index (κ2) is 8.08. The summed E-state index contributed by atoms with van der Waals surface area (Å²) in [5.74, 6) is 0. The van der Waals surface area contributed by atoms with Gasteiger partial charge in [-0.3, -0.25) is 0 Å². The van der Waals surface area contributed by atoms with Gasteiger partial charge in [0.2, 0.25) is 0 Å². The molecule has 0 amide bonds. The van der Waals surface area contributed by atoms with E-state index in [0.717, 1.165) is 19.6 Å². The number of hydrogen-bond acceptors (Lipinski definition) is 2. The fourth-order valence-corrected chi connectivity index (χ4v) is 2.00. The van der Waals surface area contributed by atoms with Crippen LogP contribution >= 0.6 is 0 Å². The number of rotatable bonds is 8. The Morgan fingerprint density at radius 1 is 1.12 bits per heavy atom. The van der Waals surface area contributed by atoms with Crippen molar-refractivity contribution in [1.29, 1.82) is 0 Å². The maximum absolute atomic E-state index is 5.81. The maximum Gasteiger partial charge on any atom is 0.0725 e. The number of ether oxygens (including phenoxy) is 1. The predicted octanol–water partition coefficient (Wildman–Crippen LogP) is 3.61. The van der Waals surface area contributed by atoms with Crippen LogP contribution in [0.4, 0.5) is 0 Å². The Morgan fingerprint density at radius 3 is 2.12 bits per heavy atom. The van der Waals surface area contributed by atoms with Gasteiger partial charge < -0.3 is 10.1 Å². The van der Waals surface area contributed by atoms with Crippen molar-refractivity contribution in [3.05, 3.63) is 0 Å². The molecule has 1 N–H and O–H groups in total. The van der Waals surface area contributed by atoms with Crippen molar-refractivity contribution in [3.63, 3.8) is 0 Å². The van der Waals surface area contributed by atoms with Gasteiger partial charge in [-0.2, -0.15) is 0 Å². The molecule has 0 aromatic rings. The summed E-state index contributed by atoms with van der Waals surface area (Å²) in [5, 5.41) is 3.57. The van der Waals surface area contributed by atoms with Gasteiger partial charge in [0.1, 0.15) is 0 Å². The molecule has 0 rings (SSSR count). The molecule has 0 saturated heterocycles. The van der Waals surface area contributed by atoms with E-state index < -0.39 is 0 Å². The van der Waals surface area contributed by atoms with Gasteiger partial charge in [-0.15, -0.1) is 0 Å². The Kier molecular flexibility index (Phi) is 8.04. The Bertz CT molecular complexity index is 163. The molecule has 16 heavy (non-hydrogen) atoms. The molecule has 0 saturated carbocycles. The summed E-state index contributed by atoms with van der Waals surface area (Å²) in [6, 6.07) is 0.508. The largest absolute Gasteiger partial charge is 0.377 e. The van der Waals surface area contributed by atoms with Crippen LogP contribution in [0.15, 0.2) is 0 Å². The van der Waals surface area contributed by atoms with E-state index in [0.29, 0.717) is 17.6 Å². The van der Waals surface area contributed by atoms with Gasteiger partial charge >= 0.3 is 0 Å². The highest BCUT2D eigenvalue weighted by atomic mass is 16.5. The topological polar surface area (TPSA) is 21.3 Å². The van der Waals surface area contributed by atoms with E-state index in [9.17, 15) is 0 Å². The highest BCUT2D eigenvalue weighted by Gasteiger charge is 2.21. The highest BCUT2D eigenvalue weighted by Crippen LogP contribution is 2.23. The lowest BCUT2D eigenvalue weighted by Crippen LogP contribution is -2.41. The van der Waals surface area contributed by atoms with Crippen LogP contribution in [0.3, 0.4) is 0 Å². The van der Waals surface area contributed by atoms with Crippen molar-refractivity contribution < 1.29 is 4.74 Å². The van der Waals surface area contributed by atoms with Crippen molar-refractivity contribution in [2.75, 3.05) is 13.2 Å². The number of nitrogens with one attached hydrogen (secondary N) is 1. The fraction of sp³-hybridized carbons (Fsp3) is 1.00. The Balaban J connectivity index is 4.22. The first-order valence-corrected chi connectivity index (χ1v) is 6.79. The van der Waals surface area contributed by atoms with Gasteiger partial charge in [0.25, 0.3) is 0 Å². The second-order valence-corrected chi connectivity index (χ2v) is 5.67. The quantitative estimate of drug-likeness (QED) is 0.686. The molecular formula is C14H31NO. The first kappa shape index (κ1) is 15.9. The molecule has 0 spiro atoms. The van der Waals surface area contributed by atoms with Gasteiger partial charge in [0.05, 0.1) is 6.10 Å². The van der Waals surface area contributed by atoms with E-state index in [1.807, 2.05) is 0 Å². The van der Waals surface area contributed by atoms with Gasteiger partial charge in [-0.1, -0.05) is 34.6 Å². The molecule has 2 heteroatoms. The SMILES string of the molecule is CCNC(CCC(C)(C)C)C(CC)OCC. The molecule has 0 bridgehead atoms. The van der Waals surface area contributed by atoms with Crippen LogP contribution in [0.5, 0.6) is 0 Å². The lowest BCUT2D eigenvalue weighted by atomic mass is 9.87. The fourth-order valence-electron chi connectivity index (χ4n) is 2.00. The van der Waals surface area contributed by atoms with Gasteiger partial charge in [-0.05, 0) is 38.1 Å². The van der Waals surface area contributed by atoms with Crippen LogP contribution in [-0.2, 0) is 4.74 Å². The molecule has 0 aromatic carbocycles. The van der Waals surface area contributed by atoms with Crippen molar-refractivity contribution >= 4 is 0 Å². The van der Waals surface area contributed by atoms with Gasteiger partial charge in [-0.25, -0.2) is 0 Å². The molecule has 2 nitrogen and oxygen atoms in total. The smallest absolute Gasteiger partial charge is 0.0725 e. The standard InChI is InChI=1S/C14H31NO/c1-7-13(16-9-3)12(15-8-2)10-11-14(4,5)6/h12-13,15H,7-11H2,1-6H3. The number of hydrogen-bond donors (Lipinski definition) is 1. The van der Waals surface area contributed by atoms with E-state index in [-0.39, 0.29) is 0 Å². The molecule has 0 aliphatic carbocycles. The zero-order valence-electron chi connectivity index (χ0n) is 12.1. The van der Waals surface area contributed by atoms with E-state index in [1.165, 1.54) is 12.8 Å². The average Bonchev–Trinajstić information content (AvgIpc) is 2.20. The van der Waals surface area contributed by atoms with Crippen molar-refractivity contribution in [2.45, 2.75) is 73.0 Å². The third-order valence-electron chi connectivity index (χ3n) is 2.90. The summed E-state index contributed by atoms with van der Waals surface area (Å²) >= 11 is 0. The molecule has 0 radical (unpaired) electrons. The molecule has 0 fully saturated rings. The molecular weight excluding hydrogens is 198 g/mol. The Labute approximate surface area is 102 Å². The van der Waals surface area contributed by atoms with Crippen molar-refractivity contribution in [3.8, 4) is 0 Å². The summed E-state index contributed by atoms with van der Waals surface area (Å²) in [7, 11) is 0. The summed E-state index contributed by atoms with van der Waals surface area (Å²) < 4.78 is 5.81. The highest BCUT2D eigenvalue weighted by molar-refractivity contribution is 4.78. The molecule has 2 atom stereocenters. The average molecular weight is 229 g/mol. The minimum Gasteiger partial charge on any atom is -0.377 e. The van der Waals surface area contributed by atoms with Crippen molar-refractivity contribution in [1.82, 2.24) is 5.32 Å². The van der Waals surface area contributed by atoms with E-state index in [4.69, 9.17) is 4.74 Å². The molecule has 0 aliphatic rings. The van der Waals surface area contributed by atoms with Crippen LogP contribution in [0.2, 0.25) is 0 Å². The Hall–Kier alpha value is -0.0800.